The number of benzene rings is 3. The lowest BCUT2D eigenvalue weighted by molar-refractivity contribution is 0.102. The van der Waals surface area contributed by atoms with E-state index in [-0.39, 0.29) is 30.2 Å². The summed E-state index contributed by atoms with van der Waals surface area (Å²) in [6, 6.07) is 17.4. The first kappa shape index (κ1) is 27.6. The van der Waals surface area contributed by atoms with E-state index in [1.165, 1.54) is 12.1 Å². The van der Waals surface area contributed by atoms with Gasteiger partial charge < -0.3 is 35.2 Å². The second kappa shape index (κ2) is 11.6. The molecule has 5 N–H and O–H groups in total. The molecule has 1 amide bonds. The van der Waals surface area contributed by atoms with E-state index in [0.29, 0.717) is 34.9 Å². The molecular weight excluding hydrogens is 536 g/mol. The molecule has 2 heterocycles. The van der Waals surface area contributed by atoms with Crippen LogP contribution in [-0.2, 0) is 10.0 Å². The summed E-state index contributed by atoms with van der Waals surface area (Å²) in [4.78, 5) is 14.9. The van der Waals surface area contributed by atoms with Gasteiger partial charge in [0.25, 0.3) is 5.91 Å². The number of anilines is 3. The van der Waals surface area contributed by atoms with E-state index in [9.17, 15) is 23.4 Å². The summed E-state index contributed by atoms with van der Waals surface area (Å²) >= 11 is 0. The van der Waals surface area contributed by atoms with E-state index in [2.05, 4.69) is 20.3 Å². The number of aliphatic hydroxyl groups is 1. The van der Waals surface area contributed by atoms with Crippen molar-refractivity contribution in [1.82, 2.24) is 5.32 Å². The standard InChI is InChI=1S/C28H32N4O7S/c1-40(36,37)31-23-14-18(2-8-24(23)33)25(34)16-29-20-10-12-32(13-11-20)22-6-4-21(5-7-22)30-28(35)19-3-9-26-27(15-19)39-17-38-26/h2-9,14-15,20,25,29,31,33-34H,10-13,16-17H2,1H3,(H,30,35)/t25-/m0/s1. The molecule has 12 heteroatoms. The molecule has 0 saturated carbocycles. The zero-order valence-corrected chi connectivity index (χ0v) is 22.8. The Kier molecular flexibility index (Phi) is 8.01. The summed E-state index contributed by atoms with van der Waals surface area (Å²) in [6.07, 6.45) is 1.90. The van der Waals surface area contributed by atoms with Crippen LogP contribution in [0.3, 0.4) is 0 Å². The number of fused-ring (bicyclic) bond motifs is 1. The molecule has 2 aliphatic heterocycles. The summed E-state index contributed by atoms with van der Waals surface area (Å²) in [5.41, 5.74) is 2.78. The number of hydrogen-bond donors (Lipinski definition) is 5. The summed E-state index contributed by atoms with van der Waals surface area (Å²) in [6.45, 7) is 2.12. The summed E-state index contributed by atoms with van der Waals surface area (Å²) in [5, 5.41) is 26.8. The molecule has 3 aromatic carbocycles. The minimum absolute atomic E-state index is 0.0332. The van der Waals surface area contributed by atoms with Gasteiger partial charge in [0.2, 0.25) is 16.8 Å². The first-order valence-corrected chi connectivity index (χ1v) is 14.8. The Bertz CT molecular complexity index is 1470. The molecule has 1 saturated heterocycles. The molecule has 40 heavy (non-hydrogen) atoms. The average Bonchev–Trinajstić information content (AvgIpc) is 3.41. The average molecular weight is 569 g/mol. The van der Waals surface area contributed by atoms with Crippen LogP contribution in [-0.4, -0.2) is 63.3 Å². The van der Waals surface area contributed by atoms with E-state index in [4.69, 9.17) is 9.47 Å². The number of rotatable bonds is 9. The number of piperidine rings is 1. The number of aliphatic hydroxyl groups excluding tert-OH is 1. The van der Waals surface area contributed by atoms with Crippen LogP contribution in [0.25, 0.3) is 0 Å². The normalized spacial score (nSPS) is 16.0. The number of carbonyl (C=O) groups is 1. The predicted octanol–water partition coefficient (Wildman–Crippen LogP) is 3.04. The van der Waals surface area contributed by atoms with Crippen LogP contribution in [0, 0.1) is 0 Å². The van der Waals surface area contributed by atoms with Gasteiger partial charge in [0.05, 0.1) is 18.0 Å². The fourth-order valence-corrected chi connectivity index (χ4v) is 5.34. The number of ether oxygens (including phenoxy) is 2. The Hall–Kier alpha value is -4.00. The lowest BCUT2D eigenvalue weighted by Gasteiger charge is -2.34. The molecule has 0 bridgehead atoms. The lowest BCUT2D eigenvalue weighted by Crippen LogP contribution is -2.43. The third-order valence-corrected chi connectivity index (χ3v) is 7.51. The molecule has 1 atom stereocenters. The van der Waals surface area contributed by atoms with E-state index in [1.807, 2.05) is 24.3 Å². The molecule has 3 aromatic rings. The van der Waals surface area contributed by atoms with Crippen molar-refractivity contribution in [2.45, 2.75) is 25.0 Å². The van der Waals surface area contributed by atoms with Crippen molar-refractivity contribution in [3.8, 4) is 17.2 Å². The number of amides is 1. The van der Waals surface area contributed by atoms with Crippen LogP contribution in [0.5, 0.6) is 17.2 Å². The SMILES string of the molecule is CS(=O)(=O)Nc1cc([C@@H](O)CNC2CCN(c3ccc(NC(=O)c4ccc5c(c4)OCO5)cc3)CC2)ccc1O. The van der Waals surface area contributed by atoms with Gasteiger partial charge in [-0.05, 0) is 73.0 Å². The van der Waals surface area contributed by atoms with Gasteiger partial charge in [-0.15, -0.1) is 0 Å². The van der Waals surface area contributed by atoms with Crippen molar-refractivity contribution in [3.63, 3.8) is 0 Å². The van der Waals surface area contributed by atoms with Gasteiger partial charge in [0.1, 0.15) is 5.75 Å². The van der Waals surface area contributed by atoms with E-state index >= 15 is 0 Å². The lowest BCUT2D eigenvalue weighted by atomic mass is 10.0. The maximum absolute atomic E-state index is 12.6. The van der Waals surface area contributed by atoms with Gasteiger partial charge in [-0.1, -0.05) is 6.07 Å². The van der Waals surface area contributed by atoms with E-state index in [0.717, 1.165) is 37.9 Å². The second-order valence-electron chi connectivity index (χ2n) is 9.91. The first-order valence-electron chi connectivity index (χ1n) is 12.9. The van der Waals surface area contributed by atoms with Gasteiger partial charge in [-0.3, -0.25) is 9.52 Å². The molecule has 212 valence electrons. The predicted molar refractivity (Wildman–Crippen MR) is 152 cm³/mol. The Morgan fingerprint density at radius 1 is 1.02 bits per heavy atom. The highest BCUT2D eigenvalue weighted by atomic mass is 32.2. The second-order valence-corrected chi connectivity index (χ2v) is 11.7. The Morgan fingerprint density at radius 2 is 1.75 bits per heavy atom. The van der Waals surface area contributed by atoms with Crippen LogP contribution in [0.15, 0.2) is 60.7 Å². The number of hydrogen-bond acceptors (Lipinski definition) is 9. The van der Waals surface area contributed by atoms with Gasteiger partial charge in [-0.2, -0.15) is 0 Å². The number of aromatic hydroxyl groups is 1. The zero-order valence-electron chi connectivity index (χ0n) is 22.0. The zero-order chi connectivity index (χ0) is 28.3. The van der Waals surface area contributed by atoms with E-state index < -0.39 is 16.1 Å². The van der Waals surface area contributed by atoms with Crippen molar-refractivity contribution in [2.75, 3.05) is 47.6 Å². The molecule has 0 aliphatic carbocycles. The highest BCUT2D eigenvalue weighted by Crippen LogP contribution is 2.33. The first-order chi connectivity index (χ1) is 19.1. The van der Waals surface area contributed by atoms with Crippen molar-refractivity contribution < 1.29 is 32.9 Å². The maximum atomic E-state index is 12.6. The van der Waals surface area contributed by atoms with Crippen LogP contribution >= 0.6 is 0 Å². The van der Waals surface area contributed by atoms with Crippen molar-refractivity contribution in [3.05, 3.63) is 71.8 Å². The number of phenols is 1. The van der Waals surface area contributed by atoms with Crippen molar-refractivity contribution >= 4 is 33.0 Å². The molecule has 1 fully saturated rings. The maximum Gasteiger partial charge on any atom is 0.255 e. The Balaban J connectivity index is 1.09. The molecule has 11 nitrogen and oxygen atoms in total. The highest BCUT2D eigenvalue weighted by molar-refractivity contribution is 7.92. The van der Waals surface area contributed by atoms with Gasteiger partial charge in [0.15, 0.2) is 11.5 Å². The highest BCUT2D eigenvalue weighted by Gasteiger charge is 2.21. The third kappa shape index (κ3) is 6.76. The molecule has 5 rings (SSSR count). The smallest absolute Gasteiger partial charge is 0.255 e. The van der Waals surface area contributed by atoms with E-state index in [1.54, 1.807) is 24.3 Å². The van der Waals surface area contributed by atoms with Crippen LogP contribution in [0.4, 0.5) is 17.1 Å². The molecule has 0 radical (unpaired) electrons. The van der Waals surface area contributed by atoms with Crippen LogP contribution < -0.4 is 29.7 Å². The van der Waals surface area contributed by atoms with Gasteiger partial charge in [-0.25, -0.2) is 8.42 Å². The molecule has 0 aromatic heterocycles. The fraction of sp³-hybridized carbons (Fsp3) is 0.321. The number of nitrogens with one attached hydrogen (secondary N) is 3. The fourth-order valence-electron chi connectivity index (χ4n) is 4.78. The van der Waals surface area contributed by atoms with Gasteiger partial charge >= 0.3 is 0 Å². The van der Waals surface area contributed by atoms with Gasteiger partial charge in [0, 0.05) is 42.6 Å². The molecular formula is C28H32N4O7S. The summed E-state index contributed by atoms with van der Waals surface area (Å²) in [5.74, 6) is 0.760. The summed E-state index contributed by atoms with van der Waals surface area (Å²) < 4.78 is 35.9. The monoisotopic (exact) mass is 568 g/mol. The number of sulfonamides is 1. The van der Waals surface area contributed by atoms with Crippen molar-refractivity contribution in [2.24, 2.45) is 0 Å². The minimum Gasteiger partial charge on any atom is -0.506 e. The van der Waals surface area contributed by atoms with Crippen LogP contribution in [0.1, 0.15) is 34.9 Å². The quantitative estimate of drug-likeness (QED) is 0.246. The Labute approximate surface area is 232 Å². The van der Waals surface area contributed by atoms with Crippen molar-refractivity contribution in [1.29, 1.82) is 0 Å². The van der Waals surface area contributed by atoms with Crippen LogP contribution in [0.2, 0.25) is 0 Å². The number of carbonyl (C=O) groups excluding carboxylic acids is 1. The summed E-state index contributed by atoms with van der Waals surface area (Å²) in [7, 11) is -3.56. The number of phenolic OH excluding ortho intramolecular Hbond substituents is 1. The Morgan fingerprint density at radius 3 is 2.48 bits per heavy atom. The molecule has 0 unspecified atom stereocenters. The third-order valence-electron chi connectivity index (χ3n) is 6.92. The minimum atomic E-state index is -3.56. The molecule has 2 aliphatic rings. The topological polar surface area (TPSA) is 149 Å². The largest absolute Gasteiger partial charge is 0.506 e. The molecule has 0 spiro atoms. The number of nitrogens with zero attached hydrogens (tertiary/aromatic N) is 1.